The first-order valence-electron chi connectivity index (χ1n) is 5.57. The molecule has 0 aliphatic carbocycles. The zero-order chi connectivity index (χ0) is 13.4. The first-order chi connectivity index (χ1) is 9.15. The number of carboxylic acid groups (broad SMARTS) is 1. The predicted molar refractivity (Wildman–Crippen MR) is 68.2 cm³/mol. The number of benzene rings is 1. The fourth-order valence-corrected chi connectivity index (χ4v) is 1.86. The molecule has 0 atom stereocenters. The molecule has 0 bridgehead atoms. The Balaban J connectivity index is 2.25. The number of hydrogen-bond donors (Lipinski definition) is 2. The van der Waals surface area contributed by atoms with Gasteiger partial charge in [-0.05, 0) is 0 Å². The van der Waals surface area contributed by atoms with Gasteiger partial charge in [0.1, 0.15) is 5.69 Å². The Bertz CT molecular complexity index is 818. The summed E-state index contributed by atoms with van der Waals surface area (Å²) in [7, 11) is 0. The summed E-state index contributed by atoms with van der Waals surface area (Å²) >= 11 is 0. The second kappa shape index (κ2) is 4.09. The zero-order valence-corrected chi connectivity index (χ0v) is 9.70. The number of nitrogens with one attached hydrogen (secondary N) is 1. The van der Waals surface area contributed by atoms with Gasteiger partial charge in [0, 0.05) is 17.7 Å². The lowest BCUT2D eigenvalue weighted by Crippen LogP contribution is -2.14. The summed E-state index contributed by atoms with van der Waals surface area (Å²) in [6.07, 6.45) is 0. The smallest absolute Gasteiger partial charge is 0.353 e. The molecule has 0 aliphatic rings. The van der Waals surface area contributed by atoms with Crippen LogP contribution in [0.25, 0.3) is 16.9 Å². The molecular formula is C13H9N3O3. The molecule has 2 heterocycles. The molecule has 0 aliphatic heterocycles. The number of nitrogens with zero attached hydrogens (tertiary/aromatic N) is 2. The van der Waals surface area contributed by atoms with Crippen molar-refractivity contribution in [2.75, 3.05) is 0 Å². The Kier molecular flexibility index (Phi) is 2.42. The van der Waals surface area contributed by atoms with Crippen molar-refractivity contribution in [3.8, 4) is 11.3 Å². The van der Waals surface area contributed by atoms with Gasteiger partial charge in [-0.25, -0.2) is 14.3 Å². The zero-order valence-electron chi connectivity index (χ0n) is 9.70. The lowest BCUT2D eigenvalue weighted by Gasteiger charge is -2.00. The summed E-state index contributed by atoms with van der Waals surface area (Å²) in [5.74, 6) is -1.13. The maximum absolute atomic E-state index is 11.9. The molecule has 6 nitrogen and oxygen atoms in total. The van der Waals surface area contributed by atoms with Gasteiger partial charge in [0.15, 0.2) is 5.65 Å². The molecule has 94 valence electrons. The number of hydrogen-bond acceptors (Lipinski definition) is 3. The number of fused-ring (bicyclic) bond motifs is 1. The molecule has 0 saturated carbocycles. The lowest BCUT2D eigenvalue weighted by molar-refractivity contribution is 0.0690. The van der Waals surface area contributed by atoms with Crippen molar-refractivity contribution >= 4 is 11.6 Å². The van der Waals surface area contributed by atoms with E-state index in [1.807, 2.05) is 30.3 Å². The minimum absolute atomic E-state index is 0.0742. The number of carboxylic acids is 1. The third kappa shape index (κ3) is 1.89. The summed E-state index contributed by atoms with van der Waals surface area (Å²) in [5.41, 5.74) is 1.18. The molecule has 6 heteroatoms. The first kappa shape index (κ1) is 11.2. The van der Waals surface area contributed by atoms with Crippen molar-refractivity contribution in [3.05, 3.63) is 58.5 Å². The van der Waals surface area contributed by atoms with Crippen molar-refractivity contribution in [3.63, 3.8) is 0 Å². The van der Waals surface area contributed by atoms with Gasteiger partial charge in [0.25, 0.3) is 5.56 Å². The Morgan fingerprint density at radius 3 is 2.63 bits per heavy atom. The SMILES string of the molecule is O=C(O)c1cc2nc(-c3ccccc3)cc(=O)n2[nH]1. The second-order valence-electron chi connectivity index (χ2n) is 4.01. The van der Waals surface area contributed by atoms with Gasteiger partial charge in [0.05, 0.1) is 5.69 Å². The molecule has 19 heavy (non-hydrogen) atoms. The minimum Gasteiger partial charge on any atom is -0.477 e. The summed E-state index contributed by atoms with van der Waals surface area (Å²) in [5, 5.41) is 11.4. The van der Waals surface area contributed by atoms with Gasteiger partial charge in [-0.2, -0.15) is 0 Å². The van der Waals surface area contributed by atoms with Crippen LogP contribution in [-0.2, 0) is 0 Å². The average Bonchev–Trinajstić information content (AvgIpc) is 2.84. The molecule has 3 aromatic rings. The monoisotopic (exact) mass is 255 g/mol. The van der Waals surface area contributed by atoms with Gasteiger partial charge in [-0.1, -0.05) is 30.3 Å². The highest BCUT2D eigenvalue weighted by Gasteiger charge is 2.11. The van der Waals surface area contributed by atoms with Crippen molar-refractivity contribution < 1.29 is 9.90 Å². The van der Waals surface area contributed by atoms with E-state index in [1.54, 1.807) is 0 Å². The van der Waals surface area contributed by atoms with E-state index in [0.717, 1.165) is 10.1 Å². The van der Waals surface area contributed by atoms with E-state index < -0.39 is 5.97 Å². The predicted octanol–water partition coefficient (Wildman–Crippen LogP) is 1.39. The highest BCUT2D eigenvalue weighted by Crippen LogP contribution is 2.15. The molecule has 1 aromatic carbocycles. The molecule has 0 spiro atoms. The number of aromatic nitrogens is 3. The molecule has 0 amide bonds. The van der Waals surface area contributed by atoms with Crippen LogP contribution in [0.1, 0.15) is 10.5 Å². The van der Waals surface area contributed by atoms with E-state index in [-0.39, 0.29) is 16.9 Å². The van der Waals surface area contributed by atoms with Crippen LogP contribution in [0.3, 0.4) is 0 Å². The van der Waals surface area contributed by atoms with E-state index in [1.165, 1.54) is 12.1 Å². The Morgan fingerprint density at radius 2 is 1.95 bits per heavy atom. The van der Waals surface area contributed by atoms with Gasteiger partial charge in [-0.15, -0.1) is 0 Å². The maximum Gasteiger partial charge on any atom is 0.353 e. The van der Waals surface area contributed by atoms with Gasteiger partial charge >= 0.3 is 5.97 Å². The lowest BCUT2D eigenvalue weighted by atomic mass is 10.1. The van der Waals surface area contributed by atoms with Gasteiger partial charge < -0.3 is 5.11 Å². The van der Waals surface area contributed by atoms with E-state index in [0.29, 0.717) is 5.69 Å². The second-order valence-corrected chi connectivity index (χ2v) is 4.01. The van der Waals surface area contributed by atoms with E-state index >= 15 is 0 Å². The molecule has 0 radical (unpaired) electrons. The molecule has 2 N–H and O–H groups in total. The third-order valence-electron chi connectivity index (χ3n) is 2.75. The number of carbonyl (C=O) groups is 1. The Morgan fingerprint density at radius 1 is 1.21 bits per heavy atom. The van der Waals surface area contributed by atoms with E-state index in [9.17, 15) is 9.59 Å². The maximum atomic E-state index is 11.9. The fourth-order valence-electron chi connectivity index (χ4n) is 1.86. The van der Waals surface area contributed by atoms with Gasteiger partial charge in [0.2, 0.25) is 0 Å². The third-order valence-corrected chi connectivity index (χ3v) is 2.75. The number of aromatic amines is 1. The number of H-pyrrole nitrogens is 1. The molecule has 0 saturated heterocycles. The van der Waals surface area contributed by atoms with Crippen LogP contribution in [0.4, 0.5) is 0 Å². The number of rotatable bonds is 2. The van der Waals surface area contributed by atoms with Crippen LogP contribution in [0.15, 0.2) is 47.3 Å². The molecule has 3 rings (SSSR count). The summed E-state index contributed by atoms with van der Waals surface area (Å²) in [4.78, 5) is 27.0. The van der Waals surface area contributed by atoms with E-state index in [2.05, 4.69) is 10.1 Å². The number of aromatic carboxylic acids is 1. The van der Waals surface area contributed by atoms with Crippen LogP contribution in [0, 0.1) is 0 Å². The van der Waals surface area contributed by atoms with Crippen molar-refractivity contribution in [2.45, 2.75) is 0 Å². The molecule has 0 fully saturated rings. The Hall–Kier alpha value is -2.89. The highest BCUT2D eigenvalue weighted by molar-refractivity contribution is 5.86. The quantitative estimate of drug-likeness (QED) is 0.724. The topological polar surface area (TPSA) is 87.5 Å². The average molecular weight is 255 g/mol. The van der Waals surface area contributed by atoms with Crippen LogP contribution in [-0.4, -0.2) is 25.7 Å². The largest absolute Gasteiger partial charge is 0.477 e. The minimum atomic E-state index is -1.13. The summed E-state index contributed by atoms with van der Waals surface area (Å²) in [6.45, 7) is 0. The van der Waals surface area contributed by atoms with E-state index in [4.69, 9.17) is 5.11 Å². The normalized spacial score (nSPS) is 10.7. The van der Waals surface area contributed by atoms with Crippen LogP contribution in [0.2, 0.25) is 0 Å². The molecular weight excluding hydrogens is 246 g/mol. The standard InChI is InChI=1S/C13H9N3O3/c17-12-7-9(8-4-2-1-3-5-8)14-11-6-10(13(18)19)15-16(11)12/h1-7,15H,(H,18,19). The molecule has 0 unspecified atom stereocenters. The van der Waals surface area contributed by atoms with Crippen LogP contribution in [0.5, 0.6) is 0 Å². The summed E-state index contributed by atoms with van der Waals surface area (Å²) < 4.78 is 1.11. The van der Waals surface area contributed by atoms with Crippen LogP contribution >= 0.6 is 0 Å². The van der Waals surface area contributed by atoms with Crippen LogP contribution < -0.4 is 5.56 Å². The highest BCUT2D eigenvalue weighted by atomic mass is 16.4. The van der Waals surface area contributed by atoms with Crippen molar-refractivity contribution in [1.29, 1.82) is 0 Å². The van der Waals surface area contributed by atoms with Crippen molar-refractivity contribution in [1.82, 2.24) is 14.6 Å². The first-order valence-corrected chi connectivity index (χ1v) is 5.57. The van der Waals surface area contributed by atoms with Crippen molar-refractivity contribution in [2.24, 2.45) is 0 Å². The van der Waals surface area contributed by atoms with Gasteiger partial charge in [-0.3, -0.25) is 9.89 Å². The molecule has 2 aromatic heterocycles. The Labute approximate surface area is 106 Å². The fraction of sp³-hybridized carbons (Fsp3) is 0. The summed E-state index contributed by atoms with van der Waals surface area (Å²) in [6, 6.07) is 11.9.